The van der Waals surface area contributed by atoms with E-state index in [1.165, 1.54) is 22.3 Å². The third-order valence-corrected chi connectivity index (χ3v) is 3.06. The molecule has 2 aromatic rings. The Kier molecular flexibility index (Phi) is 8.56. The minimum atomic E-state index is 0. The van der Waals surface area contributed by atoms with Crippen LogP contribution < -0.4 is 0 Å². The molecule has 0 radical (unpaired) electrons. The van der Waals surface area contributed by atoms with Crippen LogP contribution in [0.4, 0.5) is 0 Å². The van der Waals surface area contributed by atoms with Crippen LogP contribution in [0.15, 0.2) is 48.5 Å². The summed E-state index contributed by atoms with van der Waals surface area (Å²) in [5, 5.41) is 0. The molecule has 0 unspecified atom stereocenters. The first-order valence-electron chi connectivity index (χ1n) is 6.76. The SMILES string of the molecule is CCc1ccc(C)cc1.CCc1ccc(C)cc1.O. The van der Waals surface area contributed by atoms with Crippen molar-refractivity contribution < 1.29 is 5.48 Å². The molecular formula is C18H26O. The van der Waals surface area contributed by atoms with Crippen LogP contribution in [0, 0.1) is 13.8 Å². The molecule has 104 valence electrons. The van der Waals surface area contributed by atoms with Gasteiger partial charge in [0.25, 0.3) is 0 Å². The molecule has 2 rings (SSSR count). The minimum absolute atomic E-state index is 0. The largest absolute Gasteiger partial charge is 0.412 e. The van der Waals surface area contributed by atoms with Gasteiger partial charge in [0, 0.05) is 0 Å². The molecule has 2 aromatic carbocycles. The highest BCUT2D eigenvalue weighted by Gasteiger charge is 1.85. The van der Waals surface area contributed by atoms with Gasteiger partial charge in [0.15, 0.2) is 0 Å². The van der Waals surface area contributed by atoms with Crippen molar-refractivity contribution in [2.75, 3.05) is 0 Å². The van der Waals surface area contributed by atoms with Crippen LogP contribution in [0.25, 0.3) is 0 Å². The summed E-state index contributed by atoms with van der Waals surface area (Å²) >= 11 is 0. The Labute approximate surface area is 117 Å². The van der Waals surface area contributed by atoms with Crippen molar-refractivity contribution in [3.63, 3.8) is 0 Å². The number of benzene rings is 2. The van der Waals surface area contributed by atoms with Gasteiger partial charge in [-0.3, -0.25) is 0 Å². The summed E-state index contributed by atoms with van der Waals surface area (Å²) in [4.78, 5) is 0. The molecule has 2 N–H and O–H groups in total. The lowest BCUT2D eigenvalue weighted by Crippen LogP contribution is -1.77. The van der Waals surface area contributed by atoms with Gasteiger partial charge in [-0.2, -0.15) is 0 Å². The molecule has 0 aliphatic heterocycles. The van der Waals surface area contributed by atoms with Crippen LogP contribution in [-0.4, -0.2) is 5.48 Å². The van der Waals surface area contributed by atoms with E-state index in [-0.39, 0.29) is 5.48 Å². The monoisotopic (exact) mass is 258 g/mol. The van der Waals surface area contributed by atoms with E-state index < -0.39 is 0 Å². The Hall–Kier alpha value is -1.60. The fourth-order valence-electron chi connectivity index (χ4n) is 1.65. The Balaban J connectivity index is 0.000000324. The third kappa shape index (κ3) is 6.78. The highest BCUT2D eigenvalue weighted by Crippen LogP contribution is 2.03. The average Bonchev–Trinajstić information content (AvgIpc) is 2.41. The molecule has 19 heavy (non-hydrogen) atoms. The van der Waals surface area contributed by atoms with Crippen molar-refractivity contribution in [3.05, 3.63) is 70.8 Å². The standard InChI is InChI=1S/2C9H12.H2O/c2*1-3-9-6-4-8(2)5-7-9;/h2*4-7H,3H2,1-2H3;1H2. The predicted molar refractivity (Wildman–Crippen MR) is 84.7 cm³/mol. The minimum Gasteiger partial charge on any atom is -0.412 e. The van der Waals surface area contributed by atoms with Crippen LogP contribution in [0.3, 0.4) is 0 Å². The molecule has 0 saturated heterocycles. The van der Waals surface area contributed by atoms with Gasteiger partial charge in [-0.1, -0.05) is 73.5 Å². The fourth-order valence-corrected chi connectivity index (χ4v) is 1.65. The molecule has 1 nitrogen and oxygen atoms in total. The smallest absolute Gasteiger partial charge is 0.0307 e. The van der Waals surface area contributed by atoms with E-state index in [1.807, 2.05) is 0 Å². The summed E-state index contributed by atoms with van der Waals surface area (Å²) in [6, 6.07) is 17.3. The van der Waals surface area contributed by atoms with Crippen molar-refractivity contribution >= 4 is 0 Å². The van der Waals surface area contributed by atoms with Crippen LogP contribution in [-0.2, 0) is 12.8 Å². The van der Waals surface area contributed by atoms with Gasteiger partial charge in [-0.15, -0.1) is 0 Å². The number of hydrogen-bond acceptors (Lipinski definition) is 0. The van der Waals surface area contributed by atoms with Crippen LogP contribution in [0.1, 0.15) is 36.1 Å². The van der Waals surface area contributed by atoms with Crippen molar-refractivity contribution in [1.82, 2.24) is 0 Å². The maximum atomic E-state index is 2.18. The van der Waals surface area contributed by atoms with E-state index in [2.05, 4.69) is 76.2 Å². The van der Waals surface area contributed by atoms with Crippen molar-refractivity contribution in [1.29, 1.82) is 0 Å². The zero-order valence-corrected chi connectivity index (χ0v) is 12.5. The molecule has 0 aliphatic carbocycles. The lowest BCUT2D eigenvalue weighted by molar-refractivity contribution is 0.824. The second-order valence-corrected chi connectivity index (χ2v) is 4.68. The Morgan fingerprint density at radius 1 is 0.579 bits per heavy atom. The van der Waals surface area contributed by atoms with Crippen LogP contribution >= 0.6 is 0 Å². The van der Waals surface area contributed by atoms with Crippen molar-refractivity contribution in [2.24, 2.45) is 0 Å². The highest BCUT2D eigenvalue weighted by molar-refractivity contribution is 5.21. The maximum absolute atomic E-state index is 2.18. The topological polar surface area (TPSA) is 31.5 Å². The number of rotatable bonds is 2. The Bertz CT molecular complexity index is 395. The molecule has 0 bridgehead atoms. The predicted octanol–water partition coefficient (Wildman–Crippen LogP) is 4.29. The molecule has 0 heterocycles. The fraction of sp³-hybridized carbons (Fsp3) is 0.333. The van der Waals surface area contributed by atoms with Crippen LogP contribution in [0.5, 0.6) is 0 Å². The van der Waals surface area contributed by atoms with E-state index >= 15 is 0 Å². The summed E-state index contributed by atoms with van der Waals surface area (Å²) in [6.45, 7) is 8.56. The highest BCUT2D eigenvalue weighted by atomic mass is 16.0. The number of hydrogen-bond donors (Lipinski definition) is 0. The van der Waals surface area contributed by atoms with Gasteiger partial charge in [-0.25, -0.2) is 0 Å². The van der Waals surface area contributed by atoms with Crippen LogP contribution in [0.2, 0.25) is 0 Å². The first kappa shape index (κ1) is 17.4. The Morgan fingerprint density at radius 2 is 0.842 bits per heavy atom. The zero-order valence-electron chi connectivity index (χ0n) is 12.5. The quantitative estimate of drug-likeness (QED) is 0.769. The summed E-state index contributed by atoms with van der Waals surface area (Å²) in [5.41, 5.74) is 5.51. The molecule has 0 fully saturated rings. The molecule has 0 saturated carbocycles. The van der Waals surface area contributed by atoms with E-state index in [0.717, 1.165) is 12.8 Å². The number of aryl methyl sites for hydroxylation is 4. The van der Waals surface area contributed by atoms with Crippen molar-refractivity contribution in [2.45, 2.75) is 40.5 Å². The molecule has 0 spiro atoms. The molecule has 0 atom stereocenters. The molecule has 0 aromatic heterocycles. The molecule has 1 heteroatoms. The van der Waals surface area contributed by atoms with Gasteiger partial charge >= 0.3 is 0 Å². The molecular weight excluding hydrogens is 232 g/mol. The third-order valence-electron chi connectivity index (χ3n) is 3.06. The first-order valence-corrected chi connectivity index (χ1v) is 6.76. The van der Waals surface area contributed by atoms with Gasteiger partial charge < -0.3 is 5.48 Å². The average molecular weight is 258 g/mol. The Morgan fingerprint density at radius 3 is 1.05 bits per heavy atom. The van der Waals surface area contributed by atoms with Gasteiger partial charge in [0.1, 0.15) is 0 Å². The van der Waals surface area contributed by atoms with E-state index in [4.69, 9.17) is 0 Å². The summed E-state index contributed by atoms with van der Waals surface area (Å²) in [5.74, 6) is 0. The van der Waals surface area contributed by atoms with Gasteiger partial charge in [-0.05, 0) is 37.8 Å². The van der Waals surface area contributed by atoms with Crippen molar-refractivity contribution in [3.8, 4) is 0 Å². The van der Waals surface area contributed by atoms with E-state index in [9.17, 15) is 0 Å². The van der Waals surface area contributed by atoms with Gasteiger partial charge in [0.05, 0.1) is 0 Å². The summed E-state index contributed by atoms with van der Waals surface area (Å²) < 4.78 is 0. The zero-order chi connectivity index (χ0) is 13.4. The second kappa shape index (κ2) is 9.35. The summed E-state index contributed by atoms with van der Waals surface area (Å²) in [6.07, 6.45) is 2.28. The van der Waals surface area contributed by atoms with E-state index in [1.54, 1.807) is 0 Å². The lowest BCUT2D eigenvalue weighted by Gasteiger charge is -1.94. The lowest BCUT2D eigenvalue weighted by atomic mass is 10.1. The summed E-state index contributed by atoms with van der Waals surface area (Å²) in [7, 11) is 0. The maximum Gasteiger partial charge on any atom is -0.0307 e. The molecule has 0 amide bonds. The van der Waals surface area contributed by atoms with Gasteiger partial charge in [0.2, 0.25) is 0 Å². The normalized spacial score (nSPS) is 9.05. The first-order chi connectivity index (χ1) is 8.65. The van der Waals surface area contributed by atoms with E-state index in [0.29, 0.717) is 0 Å². The second-order valence-electron chi connectivity index (χ2n) is 4.68. The molecule has 0 aliphatic rings.